The number of aryl methyl sites for hydroxylation is 2. The molecule has 8 heteroatoms. The zero-order valence-electron chi connectivity index (χ0n) is 17.3. The van der Waals surface area contributed by atoms with Gasteiger partial charge in [0.05, 0.1) is 25.3 Å². The van der Waals surface area contributed by atoms with Crippen LogP contribution in [0.1, 0.15) is 16.7 Å². The summed E-state index contributed by atoms with van der Waals surface area (Å²) >= 11 is 0. The van der Waals surface area contributed by atoms with Crippen molar-refractivity contribution in [3.8, 4) is 5.75 Å². The summed E-state index contributed by atoms with van der Waals surface area (Å²) in [4.78, 5) is 12.4. The van der Waals surface area contributed by atoms with Crippen molar-refractivity contribution in [2.24, 2.45) is 5.10 Å². The van der Waals surface area contributed by atoms with Gasteiger partial charge in [-0.1, -0.05) is 30.3 Å². The van der Waals surface area contributed by atoms with Gasteiger partial charge in [0.25, 0.3) is 5.91 Å². The maximum Gasteiger partial charge on any atom is 0.260 e. The van der Waals surface area contributed by atoms with E-state index in [1.165, 1.54) is 23.6 Å². The number of nitrogens with zero attached hydrogens (tertiary/aromatic N) is 2. The van der Waals surface area contributed by atoms with Crippen LogP contribution in [0.2, 0.25) is 0 Å². The number of rotatable bonds is 7. The molecule has 0 atom stereocenters. The lowest BCUT2D eigenvalue weighted by Crippen LogP contribution is -2.39. The molecule has 0 bridgehead atoms. The molecule has 0 fully saturated rings. The van der Waals surface area contributed by atoms with E-state index in [1.54, 1.807) is 30.5 Å². The standard InChI is InChI=1S/C23H23N3O4S/c1-30-20-12-10-19(11-13-20)26(31(2,28)29)15-22(27)25-24-14-18-9-8-17-7-6-16-4-3-5-21(18)23(16)17/h3-5,8-14H,6-7,15H2,1-2H3,(H,25,27)/b24-14-. The number of carbonyl (C=O) groups is 1. The second kappa shape index (κ2) is 8.39. The van der Waals surface area contributed by atoms with E-state index < -0.39 is 15.9 Å². The first-order valence-electron chi connectivity index (χ1n) is 9.84. The molecular weight excluding hydrogens is 414 g/mol. The number of ether oxygens (including phenoxy) is 1. The molecule has 0 unspecified atom stereocenters. The number of hydrogen-bond acceptors (Lipinski definition) is 5. The van der Waals surface area contributed by atoms with Gasteiger partial charge in [0, 0.05) is 5.56 Å². The Hall–Kier alpha value is -3.39. The molecule has 3 aromatic rings. The topological polar surface area (TPSA) is 88.1 Å². The summed E-state index contributed by atoms with van der Waals surface area (Å²) in [5, 5.41) is 6.42. The minimum atomic E-state index is -3.66. The second-order valence-electron chi connectivity index (χ2n) is 7.41. The van der Waals surface area contributed by atoms with E-state index in [9.17, 15) is 13.2 Å². The molecule has 1 aliphatic carbocycles. The molecule has 0 aliphatic heterocycles. The Morgan fingerprint density at radius 3 is 2.48 bits per heavy atom. The molecule has 31 heavy (non-hydrogen) atoms. The van der Waals surface area contributed by atoms with Gasteiger partial charge in [0.2, 0.25) is 10.0 Å². The Labute approximate surface area is 181 Å². The number of sulfonamides is 1. The molecule has 1 N–H and O–H groups in total. The van der Waals surface area contributed by atoms with Crippen molar-refractivity contribution in [3.63, 3.8) is 0 Å². The van der Waals surface area contributed by atoms with Crippen LogP contribution in [0.4, 0.5) is 5.69 Å². The van der Waals surface area contributed by atoms with Crippen LogP contribution in [-0.4, -0.2) is 40.4 Å². The Morgan fingerprint density at radius 2 is 1.81 bits per heavy atom. The number of methoxy groups -OCH3 is 1. The number of benzene rings is 3. The minimum Gasteiger partial charge on any atom is -0.497 e. The van der Waals surface area contributed by atoms with Crippen LogP contribution in [-0.2, 0) is 27.7 Å². The van der Waals surface area contributed by atoms with E-state index >= 15 is 0 Å². The molecule has 0 radical (unpaired) electrons. The van der Waals surface area contributed by atoms with Gasteiger partial charge in [-0.25, -0.2) is 13.8 Å². The molecule has 4 rings (SSSR count). The van der Waals surface area contributed by atoms with Crippen molar-refractivity contribution in [2.45, 2.75) is 12.8 Å². The molecule has 0 heterocycles. The fraction of sp³-hybridized carbons (Fsp3) is 0.217. The average molecular weight is 438 g/mol. The smallest absolute Gasteiger partial charge is 0.260 e. The SMILES string of the molecule is COc1ccc(N(CC(=O)N/N=C\c2ccc3c4c(cccc24)CC3)S(C)(=O)=O)cc1. The molecule has 0 aromatic heterocycles. The second-order valence-corrected chi connectivity index (χ2v) is 9.32. The molecular formula is C23H23N3O4S. The van der Waals surface area contributed by atoms with Gasteiger partial charge in [-0.05, 0) is 59.0 Å². The van der Waals surface area contributed by atoms with E-state index in [-0.39, 0.29) is 6.54 Å². The molecule has 1 aliphatic rings. The summed E-state index contributed by atoms with van der Waals surface area (Å²) in [5.41, 5.74) is 6.36. The summed E-state index contributed by atoms with van der Waals surface area (Å²) in [6.07, 6.45) is 4.73. The fourth-order valence-corrected chi connectivity index (χ4v) is 4.73. The number of nitrogens with one attached hydrogen (secondary N) is 1. The van der Waals surface area contributed by atoms with E-state index in [2.05, 4.69) is 22.7 Å². The van der Waals surface area contributed by atoms with Gasteiger partial charge in [-0.15, -0.1) is 0 Å². The zero-order chi connectivity index (χ0) is 22.0. The van der Waals surface area contributed by atoms with Crippen LogP contribution in [0.25, 0.3) is 10.8 Å². The molecule has 3 aromatic carbocycles. The molecule has 0 saturated heterocycles. The average Bonchev–Trinajstić information content (AvgIpc) is 3.18. The first-order chi connectivity index (χ1) is 14.9. The van der Waals surface area contributed by atoms with Crippen LogP contribution in [0.3, 0.4) is 0 Å². The normalized spacial score (nSPS) is 13.0. The molecule has 0 spiro atoms. The monoisotopic (exact) mass is 437 g/mol. The molecule has 1 amide bonds. The van der Waals surface area contributed by atoms with Crippen molar-refractivity contribution in [1.82, 2.24) is 5.43 Å². The highest BCUT2D eigenvalue weighted by Crippen LogP contribution is 2.32. The fourth-order valence-electron chi connectivity index (χ4n) is 3.87. The van der Waals surface area contributed by atoms with Crippen LogP contribution in [0.5, 0.6) is 5.75 Å². The van der Waals surface area contributed by atoms with Gasteiger partial charge in [-0.2, -0.15) is 5.10 Å². The Kier molecular flexibility index (Phi) is 5.65. The quantitative estimate of drug-likeness (QED) is 0.455. The summed E-state index contributed by atoms with van der Waals surface area (Å²) in [7, 11) is -2.14. The molecule has 160 valence electrons. The maximum absolute atomic E-state index is 12.4. The lowest BCUT2D eigenvalue weighted by atomic mass is 10.0. The Morgan fingerprint density at radius 1 is 1.10 bits per heavy atom. The van der Waals surface area contributed by atoms with Gasteiger partial charge in [0.1, 0.15) is 12.3 Å². The number of amides is 1. The minimum absolute atomic E-state index is 0.370. The van der Waals surface area contributed by atoms with E-state index in [4.69, 9.17) is 4.74 Å². The number of hydrogen-bond donors (Lipinski definition) is 1. The summed E-state index contributed by atoms with van der Waals surface area (Å²) < 4.78 is 30.5. The third-order valence-corrected chi connectivity index (χ3v) is 6.49. The van der Waals surface area contributed by atoms with E-state index in [1.807, 2.05) is 18.2 Å². The van der Waals surface area contributed by atoms with Crippen molar-refractivity contribution >= 4 is 38.6 Å². The predicted molar refractivity (Wildman–Crippen MR) is 122 cm³/mol. The Bertz CT molecular complexity index is 1260. The van der Waals surface area contributed by atoms with Gasteiger partial charge in [-0.3, -0.25) is 9.10 Å². The van der Waals surface area contributed by atoms with Crippen molar-refractivity contribution in [1.29, 1.82) is 0 Å². The highest BCUT2D eigenvalue weighted by Gasteiger charge is 2.21. The van der Waals surface area contributed by atoms with Crippen molar-refractivity contribution in [3.05, 3.63) is 71.3 Å². The molecule has 7 nitrogen and oxygen atoms in total. The zero-order valence-corrected chi connectivity index (χ0v) is 18.1. The number of carbonyl (C=O) groups excluding carboxylic acids is 1. The largest absolute Gasteiger partial charge is 0.497 e. The van der Waals surface area contributed by atoms with Crippen LogP contribution < -0.4 is 14.5 Å². The van der Waals surface area contributed by atoms with Crippen LogP contribution in [0.15, 0.2) is 59.7 Å². The number of anilines is 1. The van der Waals surface area contributed by atoms with Gasteiger partial charge < -0.3 is 4.74 Å². The van der Waals surface area contributed by atoms with E-state index in [0.717, 1.165) is 34.4 Å². The summed E-state index contributed by atoms with van der Waals surface area (Å²) in [6.45, 7) is -0.383. The third-order valence-electron chi connectivity index (χ3n) is 5.35. The summed E-state index contributed by atoms with van der Waals surface area (Å²) in [6, 6.07) is 16.7. The lowest BCUT2D eigenvalue weighted by Gasteiger charge is -2.21. The van der Waals surface area contributed by atoms with E-state index in [0.29, 0.717) is 11.4 Å². The predicted octanol–water partition coefficient (Wildman–Crippen LogP) is 2.86. The highest BCUT2D eigenvalue weighted by molar-refractivity contribution is 7.92. The summed E-state index contributed by atoms with van der Waals surface area (Å²) in [5.74, 6) is 0.0556. The Balaban J connectivity index is 1.49. The van der Waals surface area contributed by atoms with Gasteiger partial charge >= 0.3 is 0 Å². The lowest BCUT2D eigenvalue weighted by molar-refractivity contribution is -0.119. The van der Waals surface area contributed by atoms with Crippen LogP contribution >= 0.6 is 0 Å². The first kappa shape index (κ1) is 20.9. The van der Waals surface area contributed by atoms with Gasteiger partial charge in [0.15, 0.2) is 0 Å². The van der Waals surface area contributed by atoms with Crippen LogP contribution in [0, 0.1) is 0 Å². The number of hydrazone groups is 1. The first-order valence-corrected chi connectivity index (χ1v) is 11.7. The maximum atomic E-state index is 12.4. The van der Waals surface area contributed by atoms with Crippen molar-refractivity contribution in [2.75, 3.05) is 24.2 Å². The molecule has 0 saturated carbocycles. The third kappa shape index (κ3) is 4.39. The highest BCUT2D eigenvalue weighted by atomic mass is 32.2. The van der Waals surface area contributed by atoms with Crippen molar-refractivity contribution < 1.29 is 17.9 Å².